The molecule has 1 aromatic heterocycles. The molecule has 1 heterocycles. The Morgan fingerprint density at radius 1 is 1.70 bits per heavy atom. The second kappa shape index (κ2) is 4.04. The van der Waals surface area contributed by atoms with Gasteiger partial charge in [0.25, 0.3) is 0 Å². The molecule has 0 amide bonds. The average Bonchev–Trinajstić information content (AvgIpc) is 2.13. The van der Waals surface area contributed by atoms with Crippen molar-refractivity contribution < 1.29 is 5.11 Å². The van der Waals surface area contributed by atoms with Crippen LogP contribution in [-0.4, -0.2) is 11.7 Å². The second-order valence-electron chi connectivity index (χ2n) is 1.82. The number of hydrogen-bond donors (Lipinski definition) is 1. The number of aliphatic hydroxyl groups excluding tert-OH is 1. The van der Waals surface area contributed by atoms with Crippen LogP contribution in [0, 0.1) is 2.88 Å². The Morgan fingerprint density at radius 3 is 2.80 bits per heavy atom. The average molecular weight is 333 g/mol. The van der Waals surface area contributed by atoms with Gasteiger partial charge in [0, 0.05) is 6.61 Å². The van der Waals surface area contributed by atoms with Crippen LogP contribution >= 0.6 is 49.9 Å². The molecule has 0 aliphatic rings. The van der Waals surface area contributed by atoms with E-state index in [9.17, 15) is 0 Å². The second-order valence-corrected chi connectivity index (χ2v) is 6.09. The lowest BCUT2D eigenvalue weighted by Gasteiger charge is -1.90. The Labute approximate surface area is 85.7 Å². The molecular formula is C6H6BrIOS. The Hall–Kier alpha value is 0.870. The standard InChI is InChI=1S/C6H6BrIOS/c7-6-4(1-2-9)3-5(8)10-6/h3,9H,1-2H2. The molecule has 1 nitrogen and oxygen atoms in total. The Balaban J connectivity index is 2.81. The van der Waals surface area contributed by atoms with Crippen molar-refractivity contribution >= 4 is 49.9 Å². The fourth-order valence-corrected chi connectivity index (χ4v) is 4.11. The molecule has 1 N–H and O–H groups in total. The predicted octanol–water partition coefficient (Wildman–Crippen LogP) is 2.65. The van der Waals surface area contributed by atoms with Crippen molar-refractivity contribution in [2.45, 2.75) is 6.42 Å². The maximum atomic E-state index is 8.63. The molecule has 0 radical (unpaired) electrons. The van der Waals surface area contributed by atoms with Gasteiger partial charge in [0.1, 0.15) is 0 Å². The lowest BCUT2D eigenvalue weighted by atomic mass is 10.3. The summed E-state index contributed by atoms with van der Waals surface area (Å²) in [5.74, 6) is 0. The van der Waals surface area contributed by atoms with E-state index in [2.05, 4.69) is 44.6 Å². The van der Waals surface area contributed by atoms with Crippen LogP contribution in [0.15, 0.2) is 9.85 Å². The van der Waals surface area contributed by atoms with Gasteiger partial charge in [-0.2, -0.15) is 0 Å². The highest BCUT2D eigenvalue weighted by Crippen LogP contribution is 2.29. The first-order chi connectivity index (χ1) is 4.74. The largest absolute Gasteiger partial charge is 0.396 e. The fraction of sp³-hybridized carbons (Fsp3) is 0.333. The van der Waals surface area contributed by atoms with Crippen LogP contribution in [0.25, 0.3) is 0 Å². The van der Waals surface area contributed by atoms with Crippen molar-refractivity contribution in [1.82, 2.24) is 0 Å². The summed E-state index contributed by atoms with van der Waals surface area (Å²) >= 11 is 7.39. The quantitative estimate of drug-likeness (QED) is 0.825. The van der Waals surface area contributed by atoms with Gasteiger partial charge in [-0.1, -0.05) is 0 Å². The zero-order valence-electron chi connectivity index (χ0n) is 5.10. The van der Waals surface area contributed by atoms with E-state index in [4.69, 9.17) is 5.11 Å². The molecule has 0 fully saturated rings. The van der Waals surface area contributed by atoms with Crippen LogP contribution in [0.1, 0.15) is 5.56 Å². The number of aliphatic hydroxyl groups is 1. The van der Waals surface area contributed by atoms with Crippen molar-refractivity contribution in [2.24, 2.45) is 0 Å². The SMILES string of the molecule is OCCc1cc(I)sc1Br. The van der Waals surface area contributed by atoms with Crippen molar-refractivity contribution in [3.8, 4) is 0 Å². The van der Waals surface area contributed by atoms with E-state index in [1.54, 1.807) is 11.3 Å². The molecule has 0 aliphatic carbocycles. The zero-order chi connectivity index (χ0) is 7.56. The normalized spacial score (nSPS) is 10.3. The van der Waals surface area contributed by atoms with Gasteiger partial charge in [0.15, 0.2) is 0 Å². The molecule has 0 atom stereocenters. The summed E-state index contributed by atoms with van der Waals surface area (Å²) in [5.41, 5.74) is 1.21. The Bertz CT molecular complexity index is 224. The Kier molecular flexibility index (Phi) is 3.62. The number of halogens is 2. The molecule has 0 bridgehead atoms. The summed E-state index contributed by atoms with van der Waals surface area (Å²) in [5, 5.41) is 8.63. The molecule has 1 aromatic rings. The van der Waals surface area contributed by atoms with E-state index in [0.29, 0.717) is 0 Å². The van der Waals surface area contributed by atoms with E-state index < -0.39 is 0 Å². The third-order valence-electron chi connectivity index (χ3n) is 1.11. The summed E-state index contributed by atoms with van der Waals surface area (Å²) in [6.45, 7) is 0.228. The molecule has 0 spiro atoms. The highest BCUT2D eigenvalue weighted by Gasteiger charge is 2.02. The number of rotatable bonds is 2. The minimum Gasteiger partial charge on any atom is -0.396 e. The highest BCUT2D eigenvalue weighted by atomic mass is 127. The van der Waals surface area contributed by atoms with E-state index in [1.165, 1.54) is 8.45 Å². The number of thiophene rings is 1. The molecule has 0 aromatic carbocycles. The first-order valence-electron chi connectivity index (χ1n) is 2.78. The van der Waals surface area contributed by atoms with Crippen LogP contribution < -0.4 is 0 Å². The van der Waals surface area contributed by atoms with Crippen molar-refractivity contribution in [2.75, 3.05) is 6.61 Å². The summed E-state index contributed by atoms with van der Waals surface area (Å²) in [7, 11) is 0. The molecule has 56 valence electrons. The summed E-state index contributed by atoms with van der Waals surface area (Å²) in [4.78, 5) is 0. The van der Waals surface area contributed by atoms with Crippen molar-refractivity contribution in [3.05, 3.63) is 18.3 Å². The third-order valence-corrected chi connectivity index (χ3v) is 3.83. The molecule has 0 aliphatic heterocycles. The van der Waals surface area contributed by atoms with Gasteiger partial charge in [-0.25, -0.2) is 0 Å². The van der Waals surface area contributed by atoms with Crippen LogP contribution in [0.4, 0.5) is 0 Å². The van der Waals surface area contributed by atoms with E-state index >= 15 is 0 Å². The predicted molar refractivity (Wildman–Crippen MR) is 55.5 cm³/mol. The smallest absolute Gasteiger partial charge is 0.0742 e. The van der Waals surface area contributed by atoms with E-state index in [1.807, 2.05) is 0 Å². The molecular weight excluding hydrogens is 327 g/mol. The van der Waals surface area contributed by atoms with Gasteiger partial charge in [-0.15, -0.1) is 11.3 Å². The highest BCUT2D eigenvalue weighted by molar-refractivity contribution is 14.1. The minimum atomic E-state index is 0.228. The molecule has 10 heavy (non-hydrogen) atoms. The molecule has 1 rings (SSSR count). The van der Waals surface area contributed by atoms with Gasteiger partial charge in [0.05, 0.1) is 6.67 Å². The van der Waals surface area contributed by atoms with Gasteiger partial charge in [0.2, 0.25) is 0 Å². The van der Waals surface area contributed by atoms with Gasteiger partial charge >= 0.3 is 0 Å². The summed E-state index contributed by atoms with van der Waals surface area (Å²) in [6, 6.07) is 2.09. The lowest BCUT2D eigenvalue weighted by molar-refractivity contribution is 0.299. The summed E-state index contributed by atoms with van der Waals surface area (Å²) in [6.07, 6.45) is 0.750. The maximum Gasteiger partial charge on any atom is 0.0742 e. The molecule has 4 heteroatoms. The first kappa shape index (κ1) is 8.96. The van der Waals surface area contributed by atoms with E-state index in [-0.39, 0.29) is 6.61 Å². The topological polar surface area (TPSA) is 20.2 Å². The lowest BCUT2D eigenvalue weighted by Crippen LogP contribution is -1.87. The van der Waals surface area contributed by atoms with Crippen LogP contribution in [0.3, 0.4) is 0 Å². The zero-order valence-corrected chi connectivity index (χ0v) is 9.66. The van der Waals surface area contributed by atoms with Gasteiger partial charge in [-0.3, -0.25) is 0 Å². The molecule has 0 saturated heterocycles. The third kappa shape index (κ3) is 2.18. The molecule has 0 unspecified atom stereocenters. The first-order valence-corrected chi connectivity index (χ1v) is 5.47. The van der Waals surface area contributed by atoms with Crippen molar-refractivity contribution in [1.29, 1.82) is 0 Å². The number of hydrogen-bond acceptors (Lipinski definition) is 2. The minimum absolute atomic E-state index is 0.228. The maximum absolute atomic E-state index is 8.63. The van der Waals surface area contributed by atoms with Gasteiger partial charge < -0.3 is 5.11 Å². The van der Waals surface area contributed by atoms with Gasteiger partial charge in [-0.05, 0) is 56.6 Å². The van der Waals surface area contributed by atoms with Crippen molar-refractivity contribution in [3.63, 3.8) is 0 Å². The van der Waals surface area contributed by atoms with Crippen LogP contribution in [0.2, 0.25) is 0 Å². The monoisotopic (exact) mass is 332 g/mol. The van der Waals surface area contributed by atoms with Crippen LogP contribution in [-0.2, 0) is 6.42 Å². The fourth-order valence-electron chi connectivity index (χ4n) is 0.665. The van der Waals surface area contributed by atoms with Crippen LogP contribution in [0.5, 0.6) is 0 Å². The molecule has 0 saturated carbocycles. The summed E-state index contributed by atoms with van der Waals surface area (Å²) < 4.78 is 2.40. The van der Waals surface area contributed by atoms with E-state index in [0.717, 1.165) is 10.2 Å². The Morgan fingerprint density at radius 2 is 2.40 bits per heavy atom.